The van der Waals surface area contributed by atoms with E-state index in [0.29, 0.717) is 12.5 Å². The van der Waals surface area contributed by atoms with E-state index in [1.54, 1.807) is 0 Å². The van der Waals surface area contributed by atoms with E-state index in [0.717, 1.165) is 6.54 Å². The van der Waals surface area contributed by atoms with Gasteiger partial charge < -0.3 is 10.2 Å². The van der Waals surface area contributed by atoms with Crippen LogP contribution in [0.3, 0.4) is 0 Å². The molecule has 0 unspecified atom stereocenters. The number of hydrogen-bond donors (Lipinski definition) is 1. The molecule has 1 heterocycles. The number of aliphatic imine (C=N–C) groups is 1. The molecule has 0 aromatic rings. The molecule has 1 aliphatic heterocycles. The van der Waals surface area contributed by atoms with Crippen molar-refractivity contribution in [3.63, 3.8) is 0 Å². The van der Waals surface area contributed by atoms with Crippen molar-refractivity contribution >= 4 is 5.96 Å². The minimum absolute atomic E-state index is 0.0999. The third kappa shape index (κ3) is 3.82. The van der Waals surface area contributed by atoms with Gasteiger partial charge in [0.2, 0.25) is 0 Å². The normalized spacial score (nSPS) is 17.1. The lowest BCUT2D eigenvalue weighted by Crippen LogP contribution is -2.37. The maximum atomic E-state index is 11.5. The predicted octanol–water partition coefficient (Wildman–Crippen LogP) is 0.414. The number of guanidine groups is 1. The molecule has 1 N–H and O–H groups in total. The quantitative estimate of drug-likeness (QED) is 0.687. The first-order chi connectivity index (χ1) is 6.49. The molecule has 1 rings (SSSR count). The number of ether oxygens (including phenoxy) is 1. The van der Waals surface area contributed by atoms with Crippen molar-refractivity contribution in [3.05, 3.63) is 0 Å². The molecule has 0 aromatic heterocycles. The van der Waals surface area contributed by atoms with Gasteiger partial charge in [-0.3, -0.25) is 9.73 Å². The van der Waals surface area contributed by atoms with Crippen LogP contribution in [0.5, 0.6) is 0 Å². The molecule has 0 bridgehead atoms. The van der Waals surface area contributed by atoms with E-state index in [1.807, 2.05) is 11.9 Å². The van der Waals surface area contributed by atoms with Gasteiger partial charge in [-0.05, 0) is 0 Å². The molecule has 0 amide bonds. The number of hydrogen-bond acceptors (Lipinski definition) is 4. The zero-order valence-electron chi connectivity index (χ0n) is 7.76. The molecular weight excluding hydrogens is 199 g/mol. The van der Waals surface area contributed by atoms with Gasteiger partial charge in [-0.25, -0.2) is 0 Å². The molecule has 0 fully saturated rings. The second-order valence-corrected chi connectivity index (χ2v) is 2.85. The lowest BCUT2D eigenvalue weighted by molar-refractivity contribution is -0.323. The van der Waals surface area contributed by atoms with E-state index in [9.17, 15) is 13.2 Å². The van der Waals surface area contributed by atoms with E-state index in [1.165, 1.54) is 0 Å². The summed E-state index contributed by atoms with van der Waals surface area (Å²) >= 11 is 0. The second-order valence-electron chi connectivity index (χ2n) is 2.85. The Bertz CT molecular complexity index is 217. The van der Waals surface area contributed by atoms with E-state index in [-0.39, 0.29) is 6.54 Å². The van der Waals surface area contributed by atoms with Gasteiger partial charge in [0.25, 0.3) is 0 Å². The van der Waals surface area contributed by atoms with E-state index < -0.39 is 13.0 Å². The smallest absolute Gasteiger partial charge is 0.354 e. The van der Waals surface area contributed by atoms with Gasteiger partial charge in [0.15, 0.2) is 5.96 Å². The summed E-state index contributed by atoms with van der Waals surface area (Å²) in [6, 6.07) is 0. The Kier molecular flexibility index (Phi) is 3.56. The van der Waals surface area contributed by atoms with Crippen LogP contribution in [-0.2, 0) is 4.74 Å². The van der Waals surface area contributed by atoms with Crippen LogP contribution < -0.4 is 5.32 Å². The Hall–Kier alpha value is -0.980. The average Bonchev–Trinajstić information content (AvgIpc) is 2.44. The summed E-state index contributed by atoms with van der Waals surface area (Å²) in [7, 11) is 1.82. The fraction of sp³-hybridized carbons (Fsp3) is 0.857. The highest BCUT2D eigenvalue weighted by Crippen LogP contribution is 2.15. The average molecular weight is 211 g/mol. The Balaban J connectivity index is 2.10. The summed E-state index contributed by atoms with van der Waals surface area (Å²) in [4.78, 5) is 5.89. The SMILES string of the molecule is CN1CCN=C1NCCOC(F)(F)F. The van der Waals surface area contributed by atoms with Crippen LogP contribution in [0.15, 0.2) is 4.99 Å². The Labute approximate surface area is 79.7 Å². The van der Waals surface area contributed by atoms with Crippen molar-refractivity contribution in [1.29, 1.82) is 0 Å². The molecule has 82 valence electrons. The van der Waals surface area contributed by atoms with Crippen molar-refractivity contribution in [3.8, 4) is 0 Å². The van der Waals surface area contributed by atoms with Gasteiger partial charge in [0.1, 0.15) is 0 Å². The van der Waals surface area contributed by atoms with Crippen molar-refractivity contribution in [2.24, 2.45) is 4.99 Å². The molecule has 0 saturated carbocycles. The summed E-state index contributed by atoms with van der Waals surface area (Å²) < 4.78 is 38.2. The van der Waals surface area contributed by atoms with Crippen LogP contribution in [0, 0.1) is 0 Å². The number of rotatable bonds is 3. The van der Waals surface area contributed by atoms with Crippen molar-refractivity contribution in [2.75, 3.05) is 33.3 Å². The van der Waals surface area contributed by atoms with Gasteiger partial charge >= 0.3 is 6.36 Å². The number of likely N-dealkylation sites (N-methyl/N-ethyl adjacent to an activating group) is 1. The van der Waals surface area contributed by atoms with Crippen LogP contribution in [0.2, 0.25) is 0 Å². The molecule has 0 aromatic carbocycles. The van der Waals surface area contributed by atoms with Gasteiger partial charge in [-0.15, -0.1) is 13.2 Å². The number of alkyl halides is 3. The van der Waals surface area contributed by atoms with Gasteiger partial charge in [-0.1, -0.05) is 0 Å². The van der Waals surface area contributed by atoms with E-state index in [4.69, 9.17) is 0 Å². The lowest BCUT2D eigenvalue weighted by Gasteiger charge is -2.15. The summed E-state index contributed by atoms with van der Waals surface area (Å²) in [5, 5.41) is 2.75. The van der Waals surface area contributed by atoms with Crippen LogP contribution in [0.4, 0.5) is 13.2 Å². The Morgan fingerprint density at radius 1 is 1.57 bits per heavy atom. The van der Waals surface area contributed by atoms with E-state index in [2.05, 4.69) is 15.0 Å². The fourth-order valence-corrected chi connectivity index (χ4v) is 1.05. The molecule has 1 aliphatic rings. The second kappa shape index (κ2) is 4.50. The highest BCUT2D eigenvalue weighted by molar-refractivity contribution is 5.81. The third-order valence-electron chi connectivity index (χ3n) is 1.71. The molecule has 0 radical (unpaired) electrons. The minimum atomic E-state index is -4.55. The number of nitrogens with one attached hydrogen (secondary N) is 1. The number of halogens is 3. The zero-order valence-corrected chi connectivity index (χ0v) is 7.76. The van der Waals surface area contributed by atoms with Crippen molar-refractivity contribution < 1.29 is 17.9 Å². The van der Waals surface area contributed by atoms with Crippen LogP contribution in [-0.4, -0.2) is 50.5 Å². The van der Waals surface area contributed by atoms with Crippen molar-refractivity contribution in [2.45, 2.75) is 6.36 Å². The lowest BCUT2D eigenvalue weighted by atomic mass is 10.6. The first kappa shape index (κ1) is 11.1. The highest BCUT2D eigenvalue weighted by Gasteiger charge is 2.28. The molecular formula is C7H12F3N3O. The first-order valence-electron chi connectivity index (χ1n) is 4.19. The monoisotopic (exact) mass is 211 g/mol. The van der Waals surface area contributed by atoms with E-state index >= 15 is 0 Å². The van der Waals surface area contributed by atoms with Crippen LogP contribution >= 0.6 is 0 Å². The predicted molar refractivity (Wildman–Crippen MR) is 44.9 cm³/mol. The van der Waals surface area contributed by atoms with Crippen molar-refractivity contribution in [1.82, 2.24) is 10.2 Å². The third-order valence-corrected chi connectivity index (χ3v) is 1.71. The maximum absolute atomic E-state index is 11.5. The zero-order chi connectivity index (χ0) is 10.6. The summed E-state index contributed by atoms with van der Waals surface area (Å²) in [5.41, 5.74) is 0. The van der Waals surface area contributed by atoms with Crippen LogP contribution in [0.25, 0.3) is 0 Å². The molecule has 0 aliphatic carbocycles. The summed E-state index contributed by atoms with van der Waals surface area (Å²) in [5.74, 6) is 0.621. The topological polar surface area (TPSA) is 36.9 Å². The molecule has 0 saturated heterocycles. The molecule has 14 heavy (non-hydrogen) atoms. The molecule has 0 spiro atoms. The van der Waals surface area contributed by atoms with Gasteiger partial charge in [0, 0.05) is 20.1 Å². The first-order valence-corrected chi connectivity index (χ1v) is 4.19. The van der Waals surface area contributed by atoms with Gasteiger partial charge in [-0.2, -0.15) is 0 Å². The molecule has 4 nitrogen and oxygen atoms in total. The summed E-state index contributed by atoms with van der Waals surface area (Å²) in [6.45, 7) is 1.17. The molecule has 0 atom stereocenters. The van der Waals surface area contributed by atoms with Gasteiger partial charge in [0.05, 0.1) is 13.2 Å². The standard InChI is InChI=1S/C7H12F3N3O/c1-13-4-2-11-6(13)12-3-5-14-7(8,9)10/h2-5H2,1H3,(H,11,12). The highest BCUT2D eigenvalue weighted by atomic mass is 19.4. The Morgan fingerprint density at radius 3 is 2.79 bits per heavy atom. The fourth-order valence-electron chi connectivity index (χ4n) is 1.05. The largest absolute Gasteiger partial charge is 0.522 e. The van der Waals surface area contributed by atoms with Crippen LogP contribution in [0.1, 0.15) is 0 Å². The maximum Gasteiger partial charge on any atom is 0.522 e. The Morgan fingerprint density at radius 2 is 2.29 bits per heavy atom. The number of nitrogens with zero attached hydrogens (tertiary/aromatic N) is 2. The molecule has 7 heteroatoms. The summed E-state index contributed by atoms with van der Waals surface area (Å²) in [6.07, 6.45) is -4.55. The minimum Gasteiger partial charge on any atom is -0.354 e.